The summed E-state index contributed by atoms with van der Waals surface area (Å²) in [5.41, 5.74) is -0.689. The molecule has 17 heavy (non-hydrogen) atoms. The van der Waals surface area contributed by atoms with Crippen molar-refractivity contribution in [2.45, 2.75) is 6.18 Å². The molecule has 0 amide bonds. The molecule has 8 heteroatoms. The second kappa shape index (κ2) is 6.92. The van der Waals surface area contributed by atoms with Crippen molar-refractivity contribution in [2.75, 3.05) is 11.5 Å². The summed E-state index contributed by atoms with van der Waals surface area (Å²) in [5, 5.41) is 0. The molecule has 0 spiro atoms. The number of thiol groups is 1. The van der Waals surface area contributed by atoms with Gasteiger partial charge in [-0.2, -0.15) is 25.8 Å². The summed E-state index contributed by atoms with van der Waals surface area (Å²) in [7, 11) is 0. The topological polar surface area (TPSA) is 9.23 Å². The molecule has 0 heterocycles. The molecule has 1 atom stereocenters. The highest BCUT2D eigenvalue weighted by Crippen LogP contribution is 2.40. The lowest BCUT2D eigenvalue weighted by Crippen LogP contribution is -2.03. The van der Waals surface area contributed by atoms with Crippen molar-refractivity contribution in [3.8, 4) is 5.75 Å². The van der Waals surface area contributed by atoms with Crippen LogP contribution < -0.4 is 4.52 Å². The monoisotopic (exact) mass is 318 g/mol. The molecule has 0 aromatic heterocycles. The summed E-state index contributed by atoms with van der Waals surface area (Å²) < 4.78 is 42.2. The van der Waals surface area contributed by atoms with Crippen molar-refractivity contribution < 1.29 is 17.7 Å². The third kappa shape index (κ3) is 5.55. The largest absolute Gasteiger partial charge is 0.459 e. The van der Waals surface area contributed by atoms with E-state index in [9.17, 15) is 13.2 Å². The summed E-state index contributed by atoms with van der Waals surface area (Å²) in [6, 6.07) is 4.56. The van der Waals surface area contributed by atoms with Gasteiger partial charge in [0.1, 0.15) is 5.75 Å². The Labute approximate surface area is 113 Å². The molecule has 0 N–H and O–H groups in total. The highest BCUT2D eigenvalue weighted by molar-refractivity contribution is 8.62. The van der Waals surface area contributed by atoms with Crippen LogP contribution in [0, 0.1) is 0 Å². The van der Waals surface area contributed by atoms with Crippen LogP contribution >= 0.6 is 30.1 Å². The molecule has 1 rings (SSSR count). The fraction of sp³-hybridized carbons (Fsp3) is 0.333. The molecule has 0 aliphatic rings. The zero-order valence-corrected chi connectivity index (χ0v) is 12.1. The molecule has 0 radical (unpaired) electrons. The first-order valence-electron chi connectivity index (χ1n) is 4.56. The zero-order chi connectivity index (χ0) is 12.9. The van der Waals surface area contributed by atoms with Gasteiger partial charge in [-0.3, -0.25) is 0 Å². The lowest BCUT2D eigenvalue weighted by Gasteiger charge is -2.10. The second-order valence-electron chi connectivity index (χ2n) is 2.95. The van der Waals surface area contributed by atoms with Crippen molar-refractivity contribution in [2.24, 2.45) is 0 Å². The van der Waals surface area contributed by atoms with E-state index in [-0.39, 0.29) is 0 Å². The quantitative estimate of drug-likeness (QED) is 0.642. The first-order valence-corrected chi connectivity index (χ1v) is 9.44. The Kier molecular flexibility index (Phi) is 6.20. The molecule has 1 nitrogen and oxygen atoms in total. The van der Waals surface area contributed by atoms with Gasteiger partial charge in [0, 0.05) is 5.75 Å². The van der Waals surface area contributed by atoms with E-state index in [1.54, 1.807) is 0 Å². The van der Waals surface area contributed by atoms with Crippen LogP contribution in [0.4, 0.5) is 13.2 Å². The van der Waals surface area contributed by atoms with Gasteiger partial charge in [-0.05, 0) is 41.8 Å². The van der Waals surface area contributed by atoms with E-state index < -0.39 is 17.9 Å². The highest BCUT2D eigenvalue weighted by Gasteiger charge is 2.30. The Balaban J connectivity index is 2.60. The second-order valence-corrected chi connectivity index (χ2v) is 8.66. The van der Waals surface area contributed by atoms with Crippen molar-refractivity contribution in [3.63, 3.8) is 0 Å². The summed E-state index contributed by atoms with van der Waals surface area (Å²) in [4.78, 5) is 0. The Morgan fingerprint density at radius 3 is 2.35 bits per heavy atom. The number of hydrogen-bond donors (Lipinski definition) is 1. The van der Waals surface area contributed by atoms with Crippen molar-refractivity contribution in [3.05, 3.63) is 29.8 Å². The van der Waals surface area contributed by atoms with Crippen LogP contribution in [0.5, 0.6) is 5.75 Å². The number of rotatable bonds is 5. The Bertz CT molecular complexity index is 380. The number of hydrogen-bond acceptors (Lipinski definition) is 4. The molecule has 0 saturated carbocycles. The molecular weight excluding hydrogens is 308 g/mol. The number of benzene rings is 1. The van der Waals surface area contributed by atoms with E-state index in [0.717, 1.165) is 17.9 Å². The van der Waals surface area contributed by atoms with Crippen LogP contribution in [0.1, 0.15) is 5.56 Å². The maximum absolute atomic E-state index is 12.3. The highest BCUT2D eigenvalue weighted by atomic mass is 32.9. The van der Waals surface area contributed by atoms with Crippen LogP contribution in [-0.4, -0.2) is 11.5 Å². The third-order valence-electron chi connectivity index (χ3n) is 1.69. The van der Waals surface area contributed by atoms with Gasteiger partial charge in [-0.15, -0.1) is 0 Å². The minimum atomic E-state index is -4.32. The van der Waals surface area contributed by atoms with E-state index in [2.05, 4.69) is 12.6 Å². The van der Waals surface area contributed by atoms with E-state index in [0.29, 0.717) is 11.5 Å². The third-order valence-corrected chi connectivity index (χ3v) is 6.15. The van der Waals surface area contributed by atoms with Crippen molar-refractivity contribution >= 4 is 41.9 Å². The smallest absolute Gasteiger partial charge is 0.416 e. The molecule has 0 saturated heterocycles. The summed E-state index contributed by atoms with van der Waals surface area (Å²) in [5.74, 6) is 1.86. The molecule has 1 unspecified atom stereocenters. The SMILES string of the molecule is FC(F)(F)c1ccc(O[PH](=S)SCCS)cc1. The minimum absolute atomic E-state index is 0.383. The lowest BCUT2D eigenvalue weighted by atomic mass is 10.2. The summed E-state index contributed by atoms with van der Waals surface area (Å²) in [6.07, 6.45) is -5.80. The molecule has 0 aliphatic carbocycles. The van der Waals surface area contributed by atoms with Crippen LogP contribution in [0.15, 0.2) is 24.3 Å². The molecule has 0 aliphatic heterocycles. The predicted octanol–water partition coefficient (Wildman–Crippen LogP) is 4.25. The van der Waals surface area contributed by atoms with Gasteiger partial charge in [0.2, 0.25) is 0 Å². The van der Waals surface area contributed by atoms with Crippen LogP contribution in [0.2, 0.25) is 0 Å². The minimum Gasteiger partial charge on any atom is -0.459 e. The average Bonchev–Trinajstić information content (AvgIpc) is 2.26. The van der Waals surface area contributed by atoms with Gasteiger partial charge in [-0.1, -0.05) is 11.4 Å². The maximum Gasteiger partial charge on any atom is 0.416 e. The normalized spacial score (nSPS) is 13.4. The summed E-state index contributed by atoms with van der Waals surface area (Å²) >= 11 is 10.6. The Hall–Kier alpha value is 0.160. The van der Waals surface area contributed by atoms with E-state index in [4.69, 9.17) is 16.3 Å². The van der Waals surface area contributed by atoms with Gasteiger partial charge in [0.15, 0.2) is 6.13 Å². The van der Waals surface area contributed by atoms with Gasteiger partial charge in [0.25, 0.3) is 0 Å². The lowest BCUT2D eigenvalue weighted by molar-refractivity contribution is -0.137. The first kappa shape index (κ1) is 15.2. The first-order chi connectivity index (χ1) is 7.93. The summed E-state index contributed by atoms with van der Waals surface area (Å²) in [6.45, 7) is 0. The van der Waals surface area contributed by atoms with E-state index in [1.807, 2.05) is 0 Å². The van der Waals surface area contributed by atoms with Gasteiger partial charge >= 0.3 is 6.18 Å². The van der Waals surface area contributed by atoms with Crippen LogP contribution in [0.25, 0.3) is 0 Å². The van der Waals surface area contributed by atoms with Crippen molar-refractivity contribution in [1.29, 1.82) is 0 Å². The molecule has 1 aromatic carbocycles. The van der Waals surface area contributed by atoms with Gasteiger partial charge in [-0.25, -0.2) is 0 Å². The maximum atomic E-state index is 12.3. The average molecular weight is 318 g/mol. The molecule has 0 fully saturated rings. The molecule has 96 valence electrons. The van der Waals surface area contributed by atoms with Crippen LogP contribution in [-0.2, 0) is 18.0 Å². The van der Waals surface area contributed by atoms with Crippen molar-refractivity contribution in [1.82, 2.24) is 0 Å². The Morgan fingerprint density at radius 2 is 1.88 bits per heavy atom. The standard InChI is InChI=1S/C9H10F3OPS3/c10-9(11,12)7-1-3-8(4-2-7)13-14(16)17-6-5-15/h1-4,14-15H,5-6H2. The Morgan fingerprint density at radius 1 is 1.29 bits per heavy atom. The number of alkyl halides is 3. The van der Waals surface area contributed by atoms with E-state index >= 15 is 0 Å². The predicted molar refractivity (Wildman–Crippen MR) is 74.1 cm³/mol. The molecule has 0 bridgehead atoms. The molecular formula is C9H10F3OPS3. The van der Waals surface area contributed by atoms with Gasteiger partial charge in [0.05, 0.1) is 5.56 Å². The zero-order valence-electron chi connectivity index (χ0n) is 8.53. The van der Waals surface area contributed by atoms with E-state index in [1.165, 1.54) is 23.5 Å². The fourth-order valence-corrected chi connectivity index (χ4v) is 4.71. The number of halogens is 3. The van der Waals surface area contributed by atoms with Crippen LogP contribution in [0.3, 0.4) is 0 Å². The fourth-order valence-electron chi connectivity index (χ4n) is 0.967. The van der Waals surface area contributed by atoms with Gasteiger partial charge < -0.3 is 4.52 Å². The molecule has 1 aromatic rings.